The highest BCUT2D eigenvalue weighted by atomic mass is 35.5. The molecule has 3 aromatic rings. The molecule has 94 valence electrons. The minimum Gasteiger partial charge on any atom is -0.252 e. The van der Waals surface area contributed by atoms with E-state index in [1.54, 1.807) is 0 Å². The minimum atomic E-state index is 0.764. The van der Waals surface area contributed by atoms with Crippen LogP contribution in [0.1, 0.15) is 11.3 Å². The highest BCUT2D eigenvalue weighted by Crippen LogP contribution is 2.31. The van der Waals surface area contributed by atoms with Crippen LogP contribution < -0.4 is 0 Å². The average molecular weight is 268 g/mol. The van der Waals surface area contributed by atoms with E-state index >= 15 is 0 Å². The van der Waals surface area contributed by atoms with E-state index in [-0.39, 0.29) is 0 Å². The number of rotatable bonds is 1. The molecule has 0 saturated carbocycles. The summed E-state index contributed by atoms with van der Waals surface area (Å²) in [4.78, 5) is 4.76. The first kappa shape index (κ1) is 12.2. The van der Waals surface area contributed by atoms with Gasteiger partial charge in [-0.1, -0.05) is 48.0 Å². The maximum absolute atomic E-state index is 6.12. The predicted octanol–water partition coefficient (Wildman–Crippen LogP) is 5.17. The van der Waals surface area contributed by atoms with Gasteiger partial charge in [0.15, 0.2) is 0 Å². The Balaban J connectivity index is 2.36. The maximum atomic E-state index is 6.12. The molecule has 0 saturated heterocycles. The predicted molar refractivity (Wildman–Crippen MR) is 81.7 cm³/mol. The smallest absolute Gasteiger partial charge is 0.0740 e. The van der Waals surface area contributed by atoms with Gasteiger partial charge in [-0.3, -0.25) is 4.98 Å². The van der Waals surface area contributed by atoms with Crippen LogP contribution in [0.5, 0.6) is 0 Å². The molecule has 0 atom stereocenters. The van der Waals surface area contributed by atoms with Crippen LogP contribution in [0.25, 0.3) is 22.0 Å². The number of benzene rings is 2. The van der Waals surface area contributed by atoms with Crippen molar-refractivity contribution in [1.29, 1.82) is 0 Å². The Hall–Kier alpha value is -1.86. The monoisotopic (exact) mass is 267 g/mol. The van der Waals surface area contributed by atoms with E-state index in [0.717, 1.165) is 22.0 Å². The van der Waals surface area contributed by atoms with E-state index in [1.165, 1.54) is 16.3 Å². The molecule has 0 aliphatic heterocycles. The van der Waals surface area contributed by atoms with Crippen molar-refractivity contribution in [3.8, 4) is 11.3 Å². The van der Waals surface area contributed by atoms with Gasteiger partial charge < -0.3 is 0 Å². The van der Waals surface area contributed by atoms with Crippen LogP contribution in [-0.4, -0.2) is 4.98 Å². The van der Waals surface area contributed by atoms with Gasteiger partial charge >= 0.3 is 0 Å². The molecule has 1 heterocycles. The van der Waals surface area contributed by atoms with Crippen LogP contribution in [0.2, 0.25) is 5.02 Å². The molecule has 0 bridgehead atoms. The van der Waals surface area contributed by atoms with Crippen molar-refractivity contribution in [2.75, 3.05) is 0 Å². The first-order valence-electron chi connectivity index (χ1n) is 6.28. The Kier molecular flexibility index (Phi) is 3.00. The molecule has 2 heteroatoms. The molecule has 0 unspecified atom stereocenters. The number of aryl methyl sites for hydroxylation is 2. The van der Waals surface area contributed by atoms with Crippen LogP contribution in [0, 0.1) is 13.8 Å². The van der Waals surface area contributed by atoms with Crippen LogP contribution in [0.4, 0.5) is 0 Å². The molecule has 0 aliphatic rings. The number of nitrogens with zero attached hydrogens (tertiary/aromatic N) is 1. The average Bonchev–Trinajstić information content (AvgIpc) is 2.43. The van der Waals surface area contributed by atoms with Crippen molar-refractivity contribution in [3.05, 3.63) is 64.8 Å². The number of halogens is 1. The highest BCUT2D eigenvalue weighted by Gasteiger charge is 2.10. The zero-order valence-corrected chi connectivity index (χ0v) is 11.7. The van der Waals surface area contributed by atoms with Gasteiger partial charge in [-0.25, -0.2) is 0 Å². The second-order valence-corrected chi connectivity index (χ2v) is 5.16. The normalized spacial score (nSPS) is 10.9. The molecule has 0 spiro atoms. The van der Waals surface area contributed by atoms with Gasteiger partial charge in [0.1, 0.15) is 0 Å². The molecule has 2 aromatic carbocycles. The zero-order valence-electron chi connectivity index (χ0n) is 10.9. The van der Waals surface area contributed by atoms with Crippen molar-refractivity contribution in [2.45, 2.75) is 13.8 Å². The third kappa shape index (κ3) is 2.11. The van der Waals surface area contributed by atoms with Crippen LogP contribution in [0.15, 0.2) is 48.5 Å². The summed E-state index contributed by atoms with van der Waals surface area (Å²) >= 11 is 6.12. The second kappa shape index (κ2) is 4.67. The van der Waals surface area contributed by atoms with Gasteiger partial charge in [-0.2, -0.15) is 0 Å². The summed E-state index contributed by atoms with van der Waals surface area (Å²) in [7, 11) is 0. The third-order valence-electron chi connectivity index (χ3n) is 3.46. The fourth-order valence-corrected chi connectivity index (χ4v) is 2.63. The summed E-state index contributed by atoms with van der Waals surface area (Å²) < 4.78 is 0. The number of fused-ring (bicyclic) bond motifs is 1. The Morgan fingerprint density at radius 1 is 0.895 bits per heavy atom. The first-order valence-corrected chi connectivity index (χ1v) is 6.66. The Morgan fingerprint density at radius 3 is 2.37 bits per heavy atom. The van der Waals surface area contributed by atoms with E-state index in [2.05, 4.69) is 19.1 Å². The molecule has 19 heavy (non-hydrogen) atoms. The molecule has 1 aromatic heterocycles. The fourth-order valence-electron chi connectivity index (χ4n) is 2.46. The summed E-state index contributed by atoms with van der Waals surface area (Å²) in [5.41, 5.74) is 4.39. The van der Waals surface area contributed by atoms with Crippen molar-refractivity contribution in [2.24, 2.45) is 0 Å². The molecule has 0 fully saturated rings. The van der Waals surface area contributed by atoms with Gasteiger partial charge in [0.2, 0.25) is 0 Å². The SMILES string of the molecule is Cc1nc(-c2ccccc2)c(C)c2cc(Cl)ccc12. The van der Waals surface area contributed by atoms with Gasteiger partial charge in [0, 0.05) is 21.7 Å². The number of hydrogen-bond acceptors (Lipinski definition) is 1. The summed E-state index contributed by atoms with van der Waals surface area (Å²) in [5.74, 6) is 0. The quantitative estimate of drug-likeness (QED) is 0.593. The highest BCUT2D eigenvalue weighted by molar-refractivity contribution is 6.31. The largest absolute Gasteiger partial charge is 0.252 e. The Labute approximate surface area is 117 Å². The van der Waals surface area contributed by atoms with Gasteiger partial charge in [0.05, 0.1) is 5.69 Å². The van der Waals surface area contributed by atoms with Crippen LogP contribution in [-0.2, 0) is 0 Å². The number of aromatic nitrogens is 1. The van der Waals surface area contributed by atoms with E-state index < -0.39 is 0 Å². The molecule has 0 radical (unpaired) electrons. The maximum Gasteiger partial charge on any atom is 0.0740 e. The lowest BCUT2D eigenvalue weighted by molar-refractivity contribution is 1.21. The lowest BCUT2D eigenvalue weighted by Gasteiger charge is -2.11. The van der Waals surface area contributed by atoms with Gasteiger partial charge in [-0.15, -0.1) is 0 Å². The Bertz CT molecular complexity index is 748. The van der Waals surface area contributed by atoms with Crippen LogP contribution >= 0.6 is 11.6 Å². The standard InChI is InChI=1S/C17H14ClN/c1-11-16-10-14(18)8-9-15(16)12(2)19-17(11)13-6-4-3-5-7-13/h3-10H,1-2H3. The first-order chi connectivity index (χ1) is 9.16. The molecule has 3 rings (SSSR count). The summed E-state index contributed by atoms with van der Waals surface area (Å²) in [6, 6.07) is 16.2. The van der Waals surface area contributed by atoms with Crippen molar-refractivity contribution in [1.82, 2.24) is 4.98 Å². The summed E-state index contributed by atoms with van der Waals surface area (Å²) in [6.07, 6.45) is 0. The van der Waals surface area contributed by atoms with Crippen LogP contribution in [0.3, 0.4) is 0 Å². The molecular formula is C17H14ClN. The van der Waals surface area contributed by atoms with E-state index in [9.17, 15) is 0 Å². The van der Waals surface area contributed by atoms with Gasteiger partial charge in [-0.05, 0) is 36.9 Å². The fraction of sp³-hybridized carbons (Fsp3) is 0.118. The van der Waals surface area contributed by atoms with Crippen molar-refractivity contribution in [3.63, 3.8) is 0 Å². The van der Waals surface area contributed by atoms with Crippen molar-refractivity contribution < 1.29 is 0 Å². The van der Waals surface area contributed by atoms with Crippen molar-refractivity contribution >= 4 is 22.4 Å². The topological polar surface area (TPSA) is 12.9 Å². The lowest BCUT2D eigenvalue weighted by atomic mass is 9.99. The lowest BCUT2D eigenvalue weighted by Crippen LogP contribution is -1.94. The van der Waals surface area contributed by atoms with Gasteiger partial charge in [0.25, 0.3) is 0 Å². The summed E-state index contributed by atoms with van der Waals surface area (Å²) in [6.45, 7) is 4.15. The molecule has 0 N–H and O–H groups in total. The number of pyridine rings is 1. The zero-order chi connectivity index (χ0) is 13.4. The molecule has 1 nitrogen and oxygen atoms in total. The summed E-state index contributed by atoms with van der Waals surface area (Å²) in [5, 5.41) is 3.11. The van der Waals surface area contributed by atoms with E-state index in [1.807, 2.05) is 43.3 Å². The second-order valence-electron chi connectivity index (χ2n) is 4.73. The molecular weight excluding hydrogens is 254 g/mol. The van der Waals surface area contributed by atoms with E-state index in [4.69, 9.17) is 16.6 Å². The number of hydrogen-bond donors (Lipinski definition) is 0. The minimum absolute atomic E-state index is 0.764. The third-order valence-corrected chi connectivity index (χ3v) is 3.69. The molecule has 0 amide bonds. The Morgan fingerprint density at radius 2 is 1.63 bits per heavy atom. The molecule has 0 aliphatic carbocycles. The van der Waals surface area contributed by atoms with E-state index in [0.29, 0.717) is 0 Å².